The van der Waals surface area contributed by atoms with Crippen molar-refractivity contribution >= 4 is 18.1 Å². The predicted molar refractivity (Wildman–Crippen MR) is 101 cm³/mol. The van der Waals surface area contributed by atoms with Gasteiger partial charge in [0.05, 0.1) is 30.4 Å². The quantitative estimate of drug-likeness (QED) is 0.657. The first kappa shape index (κ1) is 20.8. The van der Waals surface area contributed by atoms with E-state index in [0.717, 1.165) is 17.7 Å². The molecule has 0 aliphatic carbocycles. The van der Waals surface area contributed by atoms with E-state index in [9.17, 15) is 23.4 Å². The van der Waals surface area contributed by atoms with Crippen molar-refractivity contribution in [2.24, 2.45) is 5.92 Å². The minimum absolute atomic E-state index is 0. The van der Waals surface area contributed by atoms with Crippen LogP contribution < -0.4 is 5.32 Å². The fourth-order valence-corrected chi connectivity index (χ4v) is 4.11. The van der Waals surface area contributed by atoms with Crippen LogP contribution >= 0.6 is 12.4 Å². The van der Waals surface area contributed by atoms with Crippen molar-refractivity contribution in [3.05, 3.63) is 59.2 Å². The highest BCUT2D eigenvalue weighted by Crippen LogP contribution is 2.51. The Morgan fingerprint density at radius 2 is 1.89 bits per heavy atom. The van der Waals surface area contributed by atoms with Crippen molar-refractivity contribution < 1.29 is 28.1 Å². The Morgan fingerprint density at radius 1 is 1.11 bits per heavy atom. The molecule has 152 valence electrons. The highest BCUT2D eigenvalue weighted by molar-refractivity contribution is 5.85. The van der Waals surface area contributed by atoms with Gasteiger partial charge in [-0.1, -0.05) is 12.1 Å². The molecule has 0 saturated carbocycles. The third-order valence-electron chi connectivity index (χ3n) is 5.41. The molecule has 2 aliphatic rings. The summed E-state index contributed by atoms with van der Waals surface area (Å²) in [5.41, 5.74) is 1.18. The van der Waals surface area contributed by atoms with E-state index in [4.69, 9.17) is 4.74 Å². The van der Waals surface area contributed by atoms with Crippen molar-refractivity contribution in [3.8, 4) is 5.75 Å². The first-order chi connectivity index (χ1) is 12.9. The molecule has 4 rings (SSSR count). The molecule has 2 aromatic rings. The molecule has 2 aromatic carbocycles. The van der Waals surface area contributed by atoms with Crippen molar-refractivity contribution in [2.75, 3.05) is 11.9 Å². The van der Waals surface area contributed by atoms with Gasteiger partial charge in [-0.25, -0.2) is 0 Å². The zero-order chi connectivity index (χ0) is 19.2. The smallest absolute Gasteiger partial charge is 0.416 e. The van der Waals surface area contributed by atoms with E-state index < -0.39 is 23.9 Å². The van der Waals surface area contributed by atoms with Gasteiger partial charge in [-0.3, -0.25) is 0 Å². The second kappa shape index (κ2) is 7.81. The Morgan fingerprint density at radius 3 is 2.57 bits per heavy atom. The van der Waals surface area contributed by atoms with Crippen LogP contribution in [0.4, 0.5) is 18.9 Å². The number of nitrogens with one attached hydrogen (secondary N) is 1. The maximum atomic E-state index is 13.2. The molecule has 0 bridgehead atoms. The van der Waals surface area contributed by atoms with Gasteiger partial charge in [-0.15, -0.1) is 12.4 Å². The number of ether oxygens (including phenoxy) is 1. The van der Waals surface area contributed by atoms with Crippen LogP contribution in [-0.4, -0.2) is 22.9 Å². The van der Waals surface area contributed by atoms with Gasteiger partial charge < -0.3 is 20.3 Å². The third kappa shape index (κ3) is 3.79. The lowest BCUT2D eigenvalue weighted by Gasteiger charge is -2.45. The number of fused-ring (bicyclic) bond motifs is 3. The van der Waals surface area contributed by atoms with Crippen molar-refractivity contribution in [3.63, 3.8) is 0 Å². The van der Waals surface area contributed by atoms with E-state index in [1.807, 2.05) is 6.07 Å². The number of aliphatic hydroxyl groups excluding tert-OH is 1. The van der Waals surface area contributed by atoms with E-state index in [0.29, 0.717) is 24.1 Å². The first-order valence-corrected chi connectivity index (χ1v) is 8.90. The van der Waals surface area contributed by atoms with Gasteiger partial charge in [0.1, 0.15) is 5.75 Å². The van der Waals surface area contributed by atoms with E-state index >= 15 is 0 Å². The molecule has 0 radical (unpaired) electrons. The van der Waals surface area contributed by atoms with Gasteiger partial charge in [0.2, 0.25) is 0 Å². The van der Waals surface area contributed by atoms with Gasteiger partial charge in [0.25, 0.3) is 0 Å². The molecule has 4 atom stereocenters. The Balaban J connectivity index is 0.00000225. The first-order valence-electron chi connectivity index (χ1n) is 8.90. The van der Waals surface area contributed by atoms with Crippen LogP contribution in [0, 0.1) is 5.92 Å². The van der Waals surface area contributed by atoms with E-state index in [2.05, 4.69) is 5.32 Å². The highest BCUT2D eigenvalue weighted by atomic mass is 35.5. The maximum Gasteiger partial charge on any atom is 0.416 e. The molecule has 3 N–H and O–H groups in total. The summed E-state index contributed by atoms with van der Waals surface area (Å²) in [6.07, 6.45) is -4.06. The number of hydrogen-bond acceptors (Lipinski definition) is 4. The number of alkyl halides is 3. The van der Waals surface area contributed by atoms with E-state index in [-0.39, 0.29) is 36.7 Å². The second-order valence-corrected chi connectivity index (χ2v) is 7.12. The van der Waals surface area contributed by atoms with Gasteiger partial charge in [0, 0.05) is 17.2 Å². The largest absolute Gasteiger partial charge is 0.508 e. The minimum Gasteiger partial charge on any atom is -0.508 e. The molecule has 1 saturated heterocycles. The predicted octanol–water partition coefficient (Wildman–Crippen LogP) is 4.83. The number of aromatic hydroxyl groups is 1. The molecule has 1 fully saturated rings. The van der Waals surface area contributed by atoms with Gasteiger partial charge in [-0.2, -0.15) is 13.2 Å². The summed E-state index contributed by atoms with van der Waals surface area (Å²) in [4.78, 5) is 0. The Hall–Kier alpha value is -1.96. The van der Waals surface area contributed by atoms with Crippen molar-refractivity contribution in [2.45, 2.75) is 37.3 Å². The lowest BCUT2D eigenvalue weighted by Crippen LogP contribution is -2.40. The number of anilines is 1. The molecule has 0 amide bonds. The van der Waals surface area contributed by atoms with E-state index in [1.165, 1.54) is 6.07 Å². The van der Waals surface area contributed by atoms with Crippen LogP contribution in [0.5, 0.6) is 5.75 Å². The lowest BCUT2D eigenvalue weighted by molar-refractivity contribution is -0.138. The van der Waals surface area contributed by atoms with Crippen LogP contribution in [-0.2, 0) is 10.9 Å². The van der Waals surface area contributed by atoms with Crippen molar-refractivity contribution in [1.29, 1.82) is 0 Å². The average Bonchev–Trinajstić information content (AvgIpc) is 2.65. The number of halogens is 4. The fraction of sp³-hybridized carbons (Fsp3) is 0.400. The molecule has 2 heterocycles. The molecule has 28 heavy (non-hydrogen) atoms. The van der Waals surface area contributed by atoms with E-state index in [1.54, 1.807) is 18.2 Å². The topological polar surface area (TPSA) is 61.7 Å². The van der Waals surface area contributed by atoms with Crippen LogP contribution in [0.25, 0.3) is 0 Å². The summed E-state index contributed by atoms with van der Waals surface area (Å²) < 4.78 is 45.5. The number of phenolic OH excluding ortho intramolecular Hbond substituents is 1. The normalized spacial score (nSPS) is 26.4. The number of phenols is 1. The Kier molecular flexibility index (Phi) is 5.79. The van der Waals surface area contributed by atoms with Crippen LogP contribution in [0.2, 0.25) is 0 Å². The molecular weight excluding hydrogens is 395 g/mol. The summed E-state index contributed by atoms with van der Waals surface area (Å²) in [6.45, 7) is -0.165. The number of hydrogen-bond donors (Lipinski definition) is 3. The zero-order valence-corrected chi connectivity index (χ0v) is 15.6. The standard InChI is InChI=1S/C20H20F3NO3.ClH/c21-20(22,23)12-4-7-17-16(9-12)19-15(6-5-14(10-25)27-19)18(24-17)11-2-1-3-13(26)8-11;/h1-4,7-9,14-15,18-19,24-26H,5-6,10H2;1H. The van der Waals surface area contributed by atoms with Gasteiger partial charge in [0.15, 0.2) is 0 Å². The summed E-state index contributed by atoms with van der Waals surface area (Å²) in [6, 6.07) is 10.3. The highest BCUT2D eigenvalue weighted by Gasteiger charge is 2.43. The third-order valence-corrected chi connectivity index (χ3v) is 5.41. The summed E-state index contributed by atoms with van der Waals surface area (Å²) in [5.74, 6) is 0.0274. The molecule has 4 unspecified atom stereocenters. The molecule has 2 aliphatic heterocycles. The van der Waals surface area contributed by atoms with Crippen LogP contribution in [0.1, 0.15) is 41.7 Å². The maximum absolute atomic E-state index is 13.2. The molecule has 0 spiro atoms. The number of benzene rings is 2. The van der Waals surface area contributed by atoms with Crippen molar-refractivity contribution in [1.82, 2.24) is 0 Å². The Labute approximate surface area is 166 Å². The van der Waals surface area contributed by atoms with Gasteiger partial charge >= 0.3 is 6.18 Å². The minimum atomic E-state index is -4.43. The molecular formula is C20H21ClF3NO3. The van der Waals surface area contributed by atoms with Gasteiger partial charge in [-0.05, 0) is 48.7 Å². The summed E-state index contributed by atoms with van der Waals surface area (Å²) in [5, 5.41) is 22.6. The lowest BCUT2D eigenvalue weighted by atomic mass is 9.76. The molecule has 8 heteroatoms. The zero-order valence-electron chi connectivity index (χ0n) is 14.8. The molecule has 4 nitrogen and oxygen atoms in total. The fourth-order valence-electron chi connectivity index (χ4n) is 4.11. The Bertz CT molecular complexity index is 846. The number of rotatable bonds is 2. The summed E-state index contributed by atoms with van der Waals surface area (Å²) in [7, 11) is 0. The average molecular weight is 416 g/mol. The van der Waals surface area contributed by atoms with Crippen LogP contribution in [0.15, 0.2) is 42.5 Å². The summed E-state index contributed by atoms with van der Waals surface area (Å²) >= 11 is 0. The SMILES string of the molecule is Cl.OCC1CCC2C(c3cccc(O)c3)Nc3ccc(C(F)(F)F)cc3C2O1. The number of aliphatic hydroxyl groups is 1. The van der Waals surface area contributed by atoms with Crippen LogP contribution in [0.3, 0.4) is 0 Å². The monoisotopic (exact) mass is 415 g/mol. The second-order valence-electron chi connectivity index (χ2n) is 7.12. The molecule has 0 aromatic heterocycles.